The summed E-state index contributed by atoms with van der Waals surface area (Å²) in [6.07, 6.45) is 8.34. The lowest BCUT2D eigenvalue weighted by atomic mass is 9.96. The van der Waals surface area contributed by atoms with E-state index in [0.717, 1.165) is 5.69 Å². The highest BCUT2D eigenvalue weighted by molar-refractivity contribution is 5.72. The molecule has 0 bridgehead atoms. The molecule has 0 unspecified atom stereocenters. The average molecular weight is 251 g/mol. The summed E-state index contributed by atoms with van der Waals surface area (Å²) in [7, 11) is 0. The topological polar surface area (TPSA) is 67.2 Å². The monoisotopic (exact) mass is 251 g/mol. The highest BCUT2D eigenvalue weighted by Gasteiger charge is 2.16. The predicted molar refractivity (Wildman–Crippen MR) is 68.3 cm³/mol. The number of aromatic nitrogens is 2. The molecule has 100 valence electrons. The Morgan fingerprint density at radius 3 is 2.94 bits per heavy atom. The zero-order valence-electron chi connectivity index (χ0n) is 10.8. The van der Waals surface area contributed by atoms with Crippen molar-refractivity contribution in [3.63, 3.8) is 0 Å². The van der Waals surface area contributed by atoms with E-state index in [2.05, 4.69) is 10.4 Å². The summed E-state index contributed by atoms with van der Waals surface area (Å²) < 4.78 is 2.04. The molecule has 5 nitrogen and oxygen atoms in total. The third-order valence-corrected chi connectivity index (χ3v) is 3.57. The van der Waals surface area contributed by atoms with E-state index in [1.165, 1.54) is 32.1 Å². The van der Waals surface area contributed by atoms with Crippen LogP contribution in [-0.2, 0) is 11.3 Å². The summed E-state index contributed by atoms with van der Waals surface area (Å²) in [5.41, 5.74) is 0.911. The molecule has 18 heavy (non-hydrogen) atoms. The number of nitrogens with one attached hydrogen (secondary N) is 1. The maximum atomic E-state index is 10.7. The van der Waals surface area contributed by atoms with Gasteiger partial charge < -0.3 is 5.11 Å². The first-order valence-electron chi connectivity index (χ1n) is 6.67. The van der Waals surface area contributed by atoms with Crippen LogP contribution in [0.25, 0.3) is 0 Å². The smallest absolute Gasteiger partial charge is 0.320 e. The maximum absolute atomic E-state index is 10.7. The van der Waals surface area contributed by atoms with Gasteiger partial charge in [-0.15, -0.1) is 0 Å². The quantitative estimate of drug-likeness (QED) is 0.839. The molecule has 1 aliphatic carbocycles. The summed E-state index contributed by atoms with van der Waals surface area (Å²) in [6.45, 7) is 2.15. The predicted octanol–water partition coefficient (Wildman–Crippen LogP) is 1.95. The van der Waals surface area contributed by atoms with Crippen molar-refractivity contribution in [1.29, 1.82) is 0 Å². The lowest BCUT2D eigenvalue weighted by Gasteiger charge is -2.21. The third kappa shape index (κ3) is 3.32. The second kappa shape index (κ2) is 6.00. The molecule has 1 aromatic rings. The summed E-state index contributed by atoms with van der Waals surface area (Å²) in [6, 6.07) is 1.96. The van der Waals surface area contributed by atoms with Crippen molar-refractivity contribution >= 4 is 5.97 Å². The Bertz CT molecular complexity index is 397. The SMILES string of the molecule is C[C@H](NCc1ccn(C2CCCCC2)n1)C(=O)O. The number of hydrogen-bond donors (Lipinski definition) is 2. The summed E-state index contributed by atoms with van der Waals surface area (Å²) in [5, 5.41) is 16.2. The molecule has 0 aliphatic heterocycles. The molecule has 2 N–H and O–H groups in total. The molecular weight excluding hydrogens is 230 g/mol. The fourth-order valence-corrected chi connectivity index (χ4v) is 2.37. The highest BCUT2D eigenvalue weighted by Crippen LogP contribution is 2.27. The molecule has 0 spiro atoms. The Morgan fingerprint density at radius 2 is 2.28 bits per heavy atom. The van der Waals surface area contributed by atoms with Gasteiger partial charge in [-0.05, 0) is 25.8 Å². The molecular formula is C13H21N3O2. The van der Waals surface area contributed by atoms with E-state index in [0.29, 0.717) is 12.6 Å². The molecule has 0 aromatic carbocycles. The van der Waals surface area contributed by atoms with E-state index >= 15 is 0 Å². The fraction of sp³-hybridized carbons (Fsp3) is 0.692. The molecule has 0 radical (unpaired) electrons. The van der Waals surface area contributed by atoms with Gasteiger partial charge in [-0.25, -0.2) is 0 Å². The van der Waals surface area contributed by atoms with Crippen LogP contribution in [0.3, 0.4) is 0 Å². The lowest BCUT2D eigenvalue weighted by Crippen LogP contribution is -2.33. The Kier molecular flexibility index (Phi) is 4.36. The van der Waals surface area contributed by atoms with Gasteiger partial charge in [0.25, 0.3) is 0 Å². The van der Waals surface area contributed by atoms with Gasteiger partial charge in [0.2, 0.25) is 0 Å². The number of carboxylic acid groups (broad SMARTS) is 1. The van der Waals surface area contributed by atoms with E-state index in [1.807, 2.05) is 16.9 Å². The molecule has 1 heterocycles. The first kappa shape index (κ1) is 13.1. The Hall–Kier alpha value is -1.36. The standard InChI is InChI=1S/C13H21N3O2/c1-10(13(17)18)14-9-11-7-8-16(15-11)12-5-3-2-4-6-12/h7-8,10,12,14H,2-6,9H2,1H3,(H,17,18)/t10-/m0/s1. The van der Waals surface area contributed by atoms with Crippen LogP contribution >= 0.6 is 0 Å². The molecule has 0 saturated heterocycles. The normalized spacial score (nSPS) is 18.7. The van der Waals surface area contributed by atoms with Crippen LogP contribution < -0.4 is 5.32 Å². The number of carbonyl (C=O) groups is 1. The van der Waals surface area contributed by atoms with Crippen molar-refractivity contribution in [2.45, 2.75) is 57.7 Å². The van der Waals surface area contributed by atoms with E-state index < -0.39 is 12.0 Å². The third-order valence-electron chi connectivity index (χ3n) is 3.57. The van der Waals surface area contributed by atoms with Crippen LogP contribution in [0.15, 0.2) is 12.3 Å². The summed E-state index contributed by atoms with van der Waals surface area (Å²) in [5.74, 6) is -0.832. The molecule has 1 atom stereocenters. The van der Waals surface area contributed by atoms with Crippen molar-refractivity contribution in [3.8, 4) is 0 Å². The van der Waals surface area contributed by atoms with Gasteiger partial charge in [-0.3, -0.25) is 14.8 Å². The highest BCUT2D eigenvalue weighted by atomic mass is 16.4. The minimum atomic E-state index is -0.832. The zero-order valence-corrected chi connectivity index (χ0v) is 10.8. The lowest BCUT2D eigenvalue weighted by molar-refractivity contribution is -0.139. The minimum Gasteiger partial charge on any atom is -0.480 e. The molecule has 5 heteroatoms. The largest absolute Gasteiger partial charge is 0.480 e. The number of aliphatic carboxylic acids is 1. The van der Waals surface area contributed by atoms with Crippen molar-refractivity contribution in [2.24, 2.45) is 0 Å². The zero-order chi connectivity index (χ0) is 13.0. The van der Waals surface area contributed by atoms with Crippen LogP contribution in [0, 0.1) is 0 Å². The van der Waals surface area contributed by atoms with Gasteiger partial charge in [-0.1, -0.05) is 19.3 Å². The molecule has 0 amide bonds. The van der Waals surface area contributed by atoms with E-state index in [9.17, 15) is 4.79 Å². The summed E-state index contributed by atoms with van der Waals surface area (Å²) >= 11 is 0. The maximum Gasteiger partial charge on any atom is 0.320 e. The van der Waals surface area contributed by atoms with Crippen molar-refractivity contribution in [2.75, 3.05) is 0 Å². The number of carboxylic acids is 1. The molecule has 2 rings (SSSR count). The van der Waals surface area contributed by atoms with Crippen LogP contribution in [0.4, 0.5) is 0 Å². The van der Waals surface area contributed by atoms with E-state index in [4.69, 9.17) is 5.11 Å². The van der Waals surface area contributed by atoms with Gasteiger partial charge in [-0.2, -0.15) is 5.10 Å². The molecule has 1 fully saturated rings. The van der Waals surface area contributed by atoms with Crippen molar-refractivity contribution < 1.29 is 9.90 Å². The molecule has 1 saturated carbocycles. The van der Waals surface area contributed by atoms with Crippen LogP contribution in [0.5, 0.6) is 0 Å². The second-order valence-electron chi connectivity index (χ2n) is 5.02. The Morgan fingerprint density at radius 1 is 1.56 bits per heavy atom. The fourth-order valence-electron chi connectivity index (χ4n) is 2.37. The van der Waals surface area contributed by atoms with Crippen LogP contribution in [0.2, 0.25) is 0 Å². The average Bonchev–Trinajstić information content (AvgIpc) is 2.85. The van der Waals surface area contributed by atoms with E-state index in [-0.39, 0.29) is 0 Å². The number of rotatable bonds is 5. The number of nitrogens with zero attached hydrogens (tertiary/aromatic N) is 2. The van der Waals surface area contributed by atoms with Gasteiger partial charge in [0.05, 0.1) is 11.7 Å². The summed E-state index contributed by atoms with van der Waals surface area (Å²) in [4.78, 5) is 10.7. The Labute approximate surface area is 107 Å². The molecule has 1 aromatic heterocycles. The first-order chi connectivity index (χ1) is 8.66. The minimum absolute atomic E-state index is 0.507. The molecule has 1 aliphatic rings. The van der Waals surface area contributed by atoms with Crippen LogP contribution in [0.1, 0.15) is 50.8 Å². The Balaban J connectivity index is 1.87. The van der Waals surface area contributed by atoms with Crippen molar-refractivity contribution in [3.05, 3.63) is 18.0 Å². The first-order valence-corrected chi connectivity index (χ1v) is 6.67. The van der Waals surface area contributed by atoms with Crippen LogP contribution in [-0.4, -0.2) is 26.9 Å². The van der Waals surface area contributed by atoms with Gasteiger partial charge >= 0.3 is 5.97 Å². The van der Waals surface area contributed by atoms with E-state index in [1.54, 1.807) is 6.92 Å². The van der Waals surface area contributed by atoms with Gasteiger partial charge in [0, 0.05) is 12.7 Å². The second-order valence-corrected chi connectivity index (χ2v) is 5.02. The van der Waals surface area contributed by atoms with Gasteiger partial charge in [0.15, 0.2) is 0 Å². The van der Waals surface area contributed by atoms with Gasteiger partial charge in [0.1, 0.15) is 6.04 Å². The van der Waals surface area contributed by atoms with Crippen molar-refractivity contribution in [1.82, 2.24) is 15.1 Å². The number of hydrogen-bond acceptors (Lipinski definition) is 3.